The molecule has 1 fully saturated rings. The maximum absolute atomic E-state index is 12.5. The summed E-state index contributed by atoms with van der Waals surface area (Å²) in [5.41, 5.74) is 4.71. The SMILES string of the molecule is O=C(NCCc1ccccn1)C1CCN(Cc2ccccc2-c2cccnc2)CC1. The van der Waals surface area contributed by atoms with E-state index in [9.17, 15) is 4.79 Å². The third kappa shape index (κ3) is 5.30. The summed E-state index contributed by atoms with van der Waals surface area (Å²) in [5, 5.41) is 3.09. The van der Waals surface area contributed by atoms with Crippen LogP contribution < -0.4 is 5.32 Å². The zero-order valence-corrected chi connectivity index (χ0v) is 17.2. The second-order valence-electron chi connectivity index (χ2n) is 7.81. The number of benzene rings is 1. The average molecular weight is 401 g/mol. The Balaban J connectivity index is 1.27. The van der Waals surface area contributed by atoms with Crippen molar-refractivity contribution >= 4 is 5.91 Å². The molecule has 2 aromatic heterocycles. The normalized spacial score (nSPS) is 15.1. The van der Waals surface area contributed by atoms with Gasteiger partial charge in [0, 0.05) is 55.3 Å². The molecule has 3 aromatic rings. The fourth-order valence-corrected chi connectivity index (χ4v) is 4.06. The van der Waals surface area contributed by atoms with Gasteiger partial charge in [0.15, 0.2) is 0 Å². The van der Waals surface area contributed by atoms with Crippen molar-refractivity contribution in [1.82, 2.24) is 20.2 Å². The number of hydrogen-bond donors (Lipinski definition) is 1. The highest BCUT2D eigenvalue weighted by molar-refractivity contribution is 5.78. The van der Waals surface area contributed by atoms with E-state index in [0.717, 1.165) is 50.2 Å². The summed E-state index contributed by atoms with van der Waals surface area (Å²) in [6, 6.07) is 18.5. The Labute approximate surface area is 178 Å². The van der Waals surface area contributed by atoms with E-state index in [2.05, 4.69) is 50.5 Å². The molecule has 4 rings (SSSR count). The van der Waals surface area contributed by atoms with Gasteiger partial charge >= 0.3 is 0 Å². The largest absolute Gasteiger partial charge is 0.355 e. The predicted octanol–water partition coefficient (Wildman–Crippen LogP) is 3.71. The summed E-state index contributed by atoms with van der Waals surface area (Å²) in [5.74, 6) is 0.292. The molecule has 5 heteroatoms. The van der Waals surface area contributed by atoms with Crippen molar-refractivity contribution < 1.29 is 4.79 Å². The van der Waals surface area contributed by atoms with Crippen molar-refractivity contribution in [2.24, 2.45) is 5.92 Å². The van der Waals surface area contributed by atoms with E-state index in [0.29, 0.717) is 6.54 Å². The van der Waals surface area contributed by atoms with Gasteiger partial charge in [-0.25, -0.2) is 0 Å². The summed E-state index contributed by atoms with van der Waals surface area (Å²) in [6.07, 6.45) is 8.10. The number of carbonyl (C=O) groups excluding carboxylic acids is 1. The zero-order chi connectivity index (χ0) is 20.6. The third-order valence-corrected chi connectivity index (χ3v) is 5.75. The van der Waals surface area contributed by atoms with Gasteiger partial charge in [0.2, 0.25) is 5.91 Å². The molecule has 30 heavy (non-hydrogen) atoms. The lowest BCUT2D eigenvalue weighted by molar-refractivity contribution is -0.126. The maximum atomic E-state index is 12.5. The van der Waals surface area contributed by atoms with E-state index >= 15 is 0 Å². The number of pyridine rings is 2. The minimum atomic E-state index is 0.110. The second-order valence-corrected chi connectivity index (χ2v) is 7.81. The summed E-state index contributed by atoms with van der Waals surface area (Å²) in [6.45, 7) is 3.44. The quantitative estimate of drug-likeness (QED) is 0.657. The number of amides is 1. The average Bonchev–Trinajstić information content (AvgIpc) is 2.81. The van der Waals surface area contributed by atoms with E-state index in [1.807, 2.05) is 30.5 Å². The summed E-state index contributed by atoms with van der Waals surface area (Å²) in [4.78, 5) is 23.6. The number of hydrogen-bond acceptors (Lipinski definition) is 4. The lowest BCUT2D eigenvalue weighted by Gasteiger charge is -2.31. The smallest absolute Gasteiger partial charge is 0.223 e. The van der Waals surface area contributed by atoms with Gasteiger partial charge in [-0.3, -0.25) is 19.7 Å². The predicted molar refractivity (Wildman–Crippen MR) is 119 cm³/mol. The number of rotatable bonds is 7. The number of likely N-dealkylation sites (tertiary alicyclic amines) is 1. The second kappa shape index (κ2) is 10.1. The van der Waals surface area contributed by atoms with Crippen LogP contribution >= 0.6 is 0 Å². The van der Waals surface area contributed by atoms with Crippen LogP contribution in [0.5, 0.6) is 0 Å². The first-order chi connectivity index (χ1) is 14.8. The Hall–Kier alpha value is -3.05. The van der Waals surface area contributed by atoms with Crippen LogP contribution in [0.15, 0.2) is 73.2 Å². The van der Waals surface area contributed by atoms with Crippen molar-refractivity contribution in [2.75, 3.05) is 19.6 Å². The molecular weight excluding hydrogens is 372 g/mol. The molecule has 0 radical (unpaired) electrons. The van der Waals surface area contributed by atoms with Gasteiger partial charge in [0.1, 0.15) is 0 Å². The van der Waals surface area contributed by atoms with Crippen LogP contribution in [0.1, 0.15) is 24.1 Å². The van der Waals surface area contributed by atoms with Crippen LogP contribution in [0.3, 0.4) is 0 Å². The monoisotopic (exact) mass is 400 g/mol. The molecule has 5 nitrogen and oxygen atoms in total. The number of aromatic nitrogens is 2. The van der Waals surface area contributed by atoms with Gasteiger partial charge in [-0.1, -0.05) is 36.4 Å². The molecule has 154 valence electrons. The molecule has 1 N–H and O–H groups in total. The fourth-order valence-electron chi connectivity index (χ4n) is 4.06. The van der Waals surface area contributed by atoms with Gasteiger partial charge in [-0.15, -0.1) is 0 Å². The minimum absolute atomic E-state index is 0.110. The summed E-state index contributed by atoms with van der Waals surface area (Å²) < 4.78 is 0. The van der Waals surface area contributed by atoms with Crippen LogP contribution in [0.25, 0.3) is 11.1 Å². The van der Waals surface area contributed by atoms with Gasteiger partial charge in [-0.2, -0.15) is 0 Å². The van der Waals surface area contributed by atoms with Crippen LogP contribution in [0.2, 0.25) is 0 Å². The van der Waals surface area contributed by atoms with Gasteiger partial charge in [0.25, 0.3) is 0 Å². The molecule has 0 aliphatic carbocycles. The molecule has 1 aromatic carbocycles. The van der Waals surface area contributed by atoms with Crippen molar-refractivity contribution in [3.05, 3.63) is 84.4 Å². The standard InChI is InChI=1S/C25H28N4O/c30-25(28-15-10-23-8-3-4-14-27-23)20-11-16-29(17-12-20)19-22-6-1-2-9-24(22)21-7-5-13-26-18-21/h1-9,13-14,18,20H,10-12,15-17,19H2,(H,28,30). The Kier molecular flexibility index (Phi) is 6.83. The topological polar surface area (TPSA) is 58.1 Å². The zero-order valence-electron chi connectivity index (χ0n) is 17.2. The Morgan fingerprint density at radius 3 is 2.60 bits per heavy atom. The Morgan fingerprint density at radius 2 is 1.83 bits per heavy atom. The van der Waals surface area contributed by atoms with Crippen molar-refractivity contribution in [3.8, 4) is 11.1 Å². The first kappa shape index (κ1) is 20.2. The molecule has 1 saturated heterocycles. The first-order valence-corrected chi connectivity index (χ1v) is 10.7. The van der Waals surface area contributed by atoms with Crippen LogP contribution in [0, 0.1) is 5.92 Å². The molecular formula is C25H28N4O. The van der Waals surface area contributed by atoms with Gasteiger partial charge in [-0.05, 0) is 55.3 Å². The fraction of sp³-hybridized carbons (Fsp3) is 0.320. The first-order valence-electron chi connectivity index (χ1n) is 10.7. The molecule has 1 amide bonds. The lowest BCUT2D eigenvalue weighted by atomic mass is 9.94. The number of nitrogens with zero attached hydrogens (tertiary/aromatic N) is 3. The highest BCUT2D eigenvalue weighted by atomic mass is 16.1. The van der Waals surface area contributed by atoms with Gasteiger partial charge < -0.3 is 5.32 Å². The highest BCUT2D eigenvalue weighted by Gasteiger charge is 2.25. The van der Waals surface area contributed by atoms with Crippen molar-refractivity contribution in [3.63, 3.8) is 0 Å². The van der Waals surface area contributed by atoms with Gasteiger partial charge in [0.05, 0.1) is 0 Å². The van der Waals surface area contributed by atoms with E-state index < -0.39 is 0 Å². The molecule has 0 saturated carbocycles. The van der Waals surface area contributed by atoms with Crippen LogP contribution in [0.4, 0.5) is 0 Å². The molecule has 1 aliphatic heterocycles. The van der Waals surface area contributed by atoms with E-state index in [1.54, 1.807) is 12.4 Å². The number of nitrogens with one attached hydrogen (secondary N) is 1. The van der Waals surface area contributed by atoms with Crippen molar-refractivity contribution in [1.29, 1.82) is 0 Å². The van der Waals surface area contributed by atoms with E-state index in [-0.39, 0.29) is 11.8 Å². The van der Waals surface area contributed by atoms with Crippen molar-refractivity contribution in [2.45, 2.75) is 25.8 Å². The maximum Gasteiger partial charge on any atom is 0.223 e. The molecule has 0 spiro atoms. The molecule has 0 unspecified atom stereocenters. The van der Waals surface area contributed by atoms with E-state index in [1.165, 1.54) is 11.1 Å². The van der Waals surface area contributed by atoms with E-state index in [4.69, 9.17) is 0 Å². The van der Waals surface area contributed by atoms with Crippen LogP contribution in [-0.4, -0.2) is 40.4 Å². The molecule has 0 atom stereocenters. The highest BCUT2D eigenvalue weighted by Crippen LogP contribution is 2.26. The third-order valence-electron chi connectivity index (χ3n) is 5.75. The molecule has 1 aliphatic rings. The summed E-state index contributed by atoms with van der Waals surface area (Å²) >= 11 is 0. The minimum Gasteiger partial charge on any atom is -0.355 e. The van der Waals surface area contributed by atoms with Crippen LogP contribution in [-0.2, 0) is 17.8 Å². The Morgan fingerprint density at radius 1 is 1.00 bits per heavy atom. The lowest BCUT2D eigenvalue weighted by Crippen LogP contribution is -2.40. The molecule has 0 bridgehead atoms. The Bertz CT molecular complexity index is 938. The summed E-state index contributed by atoms with van der Waals surface area (Å²) in [7, 11) is 0. The number of piperidine rings is 1. The number of carbonyl (C=O) groups is 1. The molecule has 3 heterocycles.